The number of halogens is 2. The average Bonchev–Trinajstić information content (AvgIpc) is 3.09. The van der Waals surface area contributed by atoms with Gasteiger partial charge in [0.15, 0.2) is 0 Å². The summed E-state index contributed by atoms with van der Waals surface area (Å²) in [5, 5.41) is 6.82. The molecule has 0 unspecified atom stereocenters. The molecule has 0 bridgehead atoms. The molecule has 1 aromatic heterocycles. The van der Waals surface area contributed by atoms with Gasteiger partial charge in [-0.05, 0) is 48.9 Å². The van der Waals surface area contributed by atoms with Crippen LogP contribution < -0.4 is 5.32 Å². The number of amides is 1. The minimum Gasteiger partial charge on any atom is -0.326 e. The van der Waals surface area contributed by atoms with Crippen LogP contribution in [0.3, 0.4) is 0 Å². The van der Waals surface area contributed by atoms with Crippen LogP contribution in [0, 0.1) is 11.6 Å². The third-order valence-corrected chi connectivity index (χ3v) is 3.58. The smallest absolute Gasteiger partial charge is 0.224 e. The summed E-state index contributed by atoms with van der Waals surface area (Å²) in [6, 6.07) is 12.6. The summed E-state index contributed by atoms with van der Waals surface area (Å²) in [7, 11) is 0. The molecule has 122 valence electrons. The normalized spacial score (nSPS) is 10.6. The summed E-state index contributed by atoms with van der Waals surface area (Å²) in [6.07, 6.45) is 3.50. The molecule has 1 N–H and O–H groups in total. The Morgan fingerprint density at radius 3 is 2.38 bits per heavy atom. The molecule has 1 heterocycles. The summed E-state index contributed by atoms with van der Waals surface area (Å²) in [5.41, 5.74) is 1.41. The lowest BCUT2D eigenvalue weighted by atomic mass is 10.1. The van der Waals surface area contributed by atoms with Gasteiger partial charge in [0.05, 0.1) is 5.69 Å². The van der Waals surface area contributed by atoms with Crippen LogP contribution in [0.15, 0.2) is 60.9 Å². The molecule has 0 fully saturated rings. The van der Waals surface area contributed by atoms with Crippen LogP contribution >= 0.6 is 0 Å². The molecule has 3 aromatic rings. The number of anilines is 1. The number of nitrogens with zero attached hydrogens (tertiary/aromatic N) is 2. The van der Waals surface area contributed by atoms with Crippen molar-refractivity contribution in [1.29, 1.82) is 0 Å². The number of nitrogens with one attached hydrogen (secondary N) is 1. The van der Waals surface area contributed by atoms with E-state index in [4.69, 9.17) is 0 Å². The maximum absolute atomic E-state index is 13.5. The highest BCUT2D eigenvalue weighted by Crippen LogP contribution is 2.16. The van der Waals surface area contributed by atoms with Crippen LogP contribution in [-0.4, -0.2) is 15.7 Å². The van der Waals surface area contributed by atoms with Crippen molar-refractivity contribution in [3.8, 4) is 5.69 Å². The van der Waals surface area contributed by atoms with E-state index in [9.17, 15) is 13.6 Å². The molecule has 1 amide bonds. The number of rotatable bonds is 5. The molecule has 0 saturated carbocycles. The fourth-order valence-electron chi connectivity index (χ4n) is 2.35. The van der Waals surface area contributed by atoms with Gasteiger partial charge >= 0.3 is 0 Å². The molecular formula is C18H15F2N3O. The number of aromatic nitrogens is 2. The molecule has 6 heteroatoms. The monoisotopic (exact) mass is 327 g/mol. The van der Waals surface area contributed by atoms with Gasteiger partial charge in [-0.25, -0.2) is 13.5 Å². The van der Waals surface area contributed by atoms with Crippen molar-refractivity contribution in [2.75, 3.05) is 5.32 Å². The summed E-state index contributed by atoms with van der Waals surface area (Å²) in [4.78, 5) is 11.9. The number of benzene rings is 2. The van der Waals surface area contributed by atoms with Gasteiger partial charge in [-0.2, -0.15) is 5.10 Å². The quantitative estimate of drug-likeness (QED) is 0.776. The Morgan fingerprint density at radius 2 is 1.75 bits per heavy atom. The summed E-state index contributed by atoms with van der Waals surface area (Å²) < 4.78 is 28.8. The molecule has 0 atom stereocenters. The molecule has 24 heavy (non-hydrogen) atoms. The average molecular weight is 327 g/mol. The summed E-state index contributed by atoms with van der Waals surface area (Å²) >= 11 is 0. The Kier molecular flexibility index (Phi) is 4.65. The molecule has 3 rings (SSSR count). The molecule has 0 aliphatic heterocycles. The Labute approximate surface area is 137 Å². The van der Waals surface area contributed by atoms with E-state index in [1.807, 2.05) is 24.4 Å². The molecule has 0 radical (unpaired) electrons. The van der Waals surface area contributed by atoms with E-state index in [-0.39, 0.29) is 24.3 Å². The van der Waals surface area contributed by atoms with E-state index in [0.29, 0.717) is 5.69 Å². The highest BCUT2D eigenvalue weighted by molar-refractivity contribution is 5.90. The minimum absolute atomic E-state index is 0.00123. The maximum Gasteiger partial charge on any atom is 0.224 e. The van der Waals surface area contributed by atoms with Crippen molar-refractivity contribution in [2.45, 2.75) is 12.8 Å². The zero-order valence-electron chi connectivity index (χ0n) is 12.7. The largest absolute Gasteiger partial charge is 0.326 e. The van der Waals surface area contributed by atoms with Crippen LogP contribution in [0.1, 0.15) is 12.0 Å². The topological polar surface area (TPSA) is 46.9 Å². The number of carbonyl (C=O) groups is 1. The van der Waals surface area contributed by atoms with Crippen molar-refractivity contribution in [3.05, 3.63) is 78.1 Å². The lowest BCUT2D eigenvalue weighted by molar-refractivity contribution is -0.116. The van der Waals surface area contributed by atoms with E-state index < -0.39 is 11.6 Å². The fourth-order valence-corrected chi connectivity index (χ4v) is 2.35. The van der Waals surface area contributed by atoms with E-state index in [0.717, 1.165) is 5.69 Å². The molecule has 0 spiro atoms. The molecule has 0 saturated heterocycles. The molecular weight excluding hydrogens is 312 g/mol. The predicted octanol–water partition coefficient (Wildman–Crippen LogP) is 3.72. The van der Waals surface area contributed by atoms with Crippen molar-refractivity contribution in [1.82, 2.24) is 9.78 Å². The number of hydrogen-bond acceptors (Lipinski definition) is 2. The first kappa shape index (κ1) is 15.9. The van der Waals surface area contributed by atoms with Gasteiger partial charge in [0, 0.05) is 30.1 Å². The summed E-state index contributed by atoms with van der Waals surface area (Å²) in [5.74, 6) is -1.57. The molecule has 4 nitrogen and oxygen atoms in total. The van der Waals surface area contributed by atoms with Crippen molar-refractivity contribution >= 4 is 11.6 Å². The van der Waals surface area contributed by atoms with Crippen LogP contribution in [0.25, 0.3) is 5.69 Å². The molecule has 2 aromatic carbocycles. The third-order valence-electron chi connectivity index (χ3n) is 3.58. The second-order valence-corrected chi connectivity index (χ2v) is 5.25. The standard InChI is InChI=1S/C18H15F2N3O/c19-16-3-1-4-17(20)15(16)9-10-18(24)22-13-5-7-14(8-6-13)23-12-2-11-21-23/h1-8,11-12H,9-10H2,(H,22,24). The first-order chi connectivity index (χ1) is 11.6. The highest BCUT2D eigenvalue weighted by atomic mass is 19.1. The SMILES string of the molecule is O=C(CCc1c(F)cccc1F)Nc1ccc(-n2cccn2)cc1. The van der Waals surface area contributed by atoms with E-state index >= 15 is 0 Å². The summed E-state index contributed by atoms with van der Waals surface area (Å²) in [6.45, 7) is 0. The van der Waals surface area contributed by atoms with Crippen LogP contribution in [-0.2, 0) is 11.2 Å². The van der Waals surface area contributed by atoms with Crippen LogP contribution in [0.4, 0.5) is 14.5 Å². The molecule has 0 aliphatic rings. The lowest BCUT2D eigenvalue weighted by Gasteiger charge is -2.08. The fraction of sp³-hybridized carbons (Fsp3) is 0.111. The second kappa shape index (κ2) is 7.04. The van der Waals surface area contributed by atoms with Crippen molar-refractivity contribution < 1.29 is 13.6 Å². The number of carbonyl (C=O) groups excluding carboxylic acids is 1. The molecule has 0 aliphatic carbocycles. The van der Waals surface area contributed by atoms with Crippen LogP contribution in [0.2, 0.25) is 0 Å². The first-order valence-electron chi connectivity index (χ1n) is 7.46. The van der Waals surface area contributed by atoms with E-state index in [2.05, 4.69) is 10.4 Å². The van der Waals surface area contributed by atoms with Gasteiger partial charge in [-0.3, -0.25) is 4.79 Å². The van der Waals surface area contributed by atoms with Crippen molar-refractivity contribution in [3.63, 3.8) is 0 Å². The number of hydrogen-bond donors (Lipinski definition) is 1. The third kappa shape index (κ3) is 3.65. The van der Waals surface area contributed by atoms with Gasteiger partial charge in [-0.15, -0.1) is 0 Å². The highest BCUT2D eigenvalue weighted by Gasteiger charge is 2.11. The maximum atomic E-state index is 13.5. The minimum atomic E-state index is -0.633. The Balaban J connectivity index is 1.59. The van der Waals surface area contributed by atoms with Gasteiger partial charge in [0.1, 0.15) is 11.6 Å². The zero-order chi connectivity index (χ0) is 16.9. The van der Waals surface area contributed by atoms with E-state index in [1.54, 1.807) is 23.0 Å². The second-order valence-electron chi connectivity index (χ2n) is 5.25. The van der Waals surface area contributed by atoms with Crippen LogP contribution in [0.5, 0.6) is 0 Å². The Morgan fingerprint density at radius 1 is 1.04 bits per heavy atom. The van der Waals surface area contributed by atoms with Crippen molar-refractivity contribution in [2.24, 2.45) is 0 Å². The zero-order valence-corrected chi connectivity index (χ0v) is 12.7. The van der Waals surface area contributed by atoms with E-state index in [1.165, 1.54) is 18.2 Å². The Hall–Kier alpha value is -3.02. The van der Waals surface area contributed by atoms with Gasteiger partial charge in [0.2, 0.25) is 5.91 Å². The Bertz CT molecular complexity index is 810. The first-order valence-corrected chi connectivity index (χ1v) is 7.46. The lowest BCUT2D eigenvalue weighted by Crippen LogP contribution is -2.13. The van der Waals surface area contributed by atoms with Gasteiger partial charge in [0.25, 0.3) is 0 Å². The van der Waals surface area contributed by atoms with Gasteiger partial charge in [-0.1, -0.05) is 6.07 Å². The predicted molar refractivity (Wildman–Crippen MR) is 86.9 cm³/mol. The van der Waals surface area contributed by atoms with Gasteiger partial charge < -0.3 is 5.32 Å².